The molecule has 2 aromatic heterocycles. The number of fused-ring (bicyclic) bond motifs is 2. The molecular weight excluding hydrogens is 385 g/mol. The Hall–Kier alpha value is -3.00. The lowest BCUT2D eigenvalue weighted by molar-refractivity contribution is -0.0407. The fourth-order valence-corrected chi connectivity index (χ4v) is 5.07. The predicted octanol–water partition coefficient (Wildman–Crippen LogP) is 3.23. The summed E-state index contributed by atoms with van der Waals surface area (Å²) in [5.74, 6) is 0.366. The molecule has 1 aliphatic carbocycles. The van der Waals surface area contributed by atoms with Crippen LogP contribution in [-0.2, 0) is 0 Å². The van der Waals surface area contributed by atoms with Crippen LogP contribution in [0.4, 0.5) is 4.39 Å². The van der Waals surface area contributed by atoms with E-state index >= 15 is 4.39 Å². The highest BCUT2D eigenvalue weighted by Gasteiger charge is 2.66. The van der Waals surface area contributed by atoms with E-state index in [-0.39, 0.29) is 11.2 Å². The fourth-order valence-electron chi connectivity index (χ4n) is 5.07. The van der Waals surface area contributed by atoms with Crippen LogP contribution < -0.4 is 4.74 Å². The fraction of sp³-hybridized carbons (Fsp3) is 0.409. The number of nitrogens with zero attached hydrogens (tertiary/aromatic N) is 5. The second kappa shape index (κ2) is 6.50. The van der Waals surface area contributed by atoms with Crippen LogP contribution in [0.15, 0.2) is 48.8 Å². The molecule has 0 amide bonds. The quantitative estimate of drug-likeness (QED) is 0.713. The standard InChI is InChI=1S/C22H24FN5O2/c1-21-12-22(2,27(3)13-21)19(23)20(21)30-18-8-7-16(25-26-18)15-6-5-14(11-17(15)29)28-10-4-9-24-28/h4-11,19-20,29H,12-13H2,1-3H3/t19-,20+,21-,22-/m0/s1. The third-order valence-electron chi connectivity index (χ3n) is 6.69. The highest BCUT2D eigenvalue weighted by molar-refractivity contribution is 5.68. The van der Waals surface area contributed by atoms with E-state index in [0.717, 1.165) is 18.7 Å². The van der Waals surface area contributed by atoms with Gasteiger partial charge in [0, 0.05) is 42.0 Å². The Labute approximate surface area is 174 Å². The van der Waals surface area contributed by atoms with Crippen molar-refractivity contribution in [1.29, 1.82) is 0 Å². The maximum atomic E-state index is 15.1. The lowest BCUT2D eigenvalue weighted by Gasteiger charge is -2.41. The molecule has 2 fully saturated rings. The van der Waals surface area contributed by atoms with E-state index in [1.165, 1.54) is 0 Å². The Balaban J connectivity index is 1.36. The third-order valence-corrected chi connectivity index (χ3v) is 6.69. The Morgan fingerprint density at radius 2 is 2.03 bits per heavy atom. The average molecular weight is 409 g/mol. The number of benzene rings is 1. The summed E-state index contributed by atoms with van der Waals surface area (Å²) in [5.41, 5.74) is 1.04. The number of phenols is 1. The van der Waals surface area contributed by atoms with Crippen LogP contribution in [0.5, 0.6) is 11.6 Å². The first-order chi connectivity index (χ1) is 14.3. The van der Waals surface area contributed by atoms with Gasteiger partial charge in [-0.15, -0.1) is 10.2 Å². The van der Waals surface area contributed by atoms with Gasteiger partial charge in [-0.2, -0.15) is 5.10 Å². The summed E-state index contributed by atoms with van der Waals surface area (Å²) in [5, 5.41) is 22.9. The molecule has 2 bridgehead atoms. The second-order valence-corrected chi connectivity index (χ2v) is 8.89. The number of phenolic OH excluding ortho intramolecular Hbond substituents is 1. The molecule has 5 rings (SSSR count). The van der Waals surface area contributed by atoms with E-state index in [4.69, 9.17) is 4.74 Å². The Kier molecular flexibility index (Phi) is 4.12. The minimum absolute atomic E-state index is 0.0753. The Bertz CT molecular complexity index is 1070. The smallest absolute Gasteiger partial charge is 0.233 e. The number of piperidine rings is 1. The number of likely N-dealkylation sites (tertiary alicyclic amines) is 1. The van der Waals surface area contributed by atoms with Crippen LogP contribution in [-0.4, -0.2) is 61.4 Å². The number of hydrogen-bond donors (Lipinski definition) is 1. The van der Waals surface area contributed by atoms with E-state index in [0.29, 0.717) is 17.1 Å². The molecular formula is C22H24FN5O2. The molecule has 3 heterocycles. The largest absolute Gasteiger partial charge is 0.507 e. The van der Waals surface area contributed by atoms with Crippen molar-refractivity contribution in [3.05, 3.63) is 48.8 Å². The maximum Gasteiger partial charge on any atom is 0.233 e. The van der Waals surface area contributed by atoms with Gasteiger partial charge in [-0.25, -0.2) is 9.07 Å². The van der Waals surface area contributed by atoms with Crippen molar-refractivity contribution in [2.24, 2.45) is 5.41 Å². The molecule has 156 valence electrons. The zero-order valence-corrected chi connectivity index (χ0v) is 17.2. The normalized spacial score (nSPS) is 30.7. The highest BCUT2D eigenvalue weighted by Crippen LogP contribution is 2.55. The highest BCUT2D eigenvalue weighted by atomic mass is 19.1. The van der Waals surface area contributed by atoms with E-state index in [9.17, 15) is 5.11 Å². The molecule has 7 nitrogen and oxygen atoms in total. The van der Waals surface area contributed by atoms with Crippen LogP contribution in [0, 0.1) is 5.41 Å². The first-order valence-corrected chi connectivity index (χ1v) is 9.99. The summed E-state index contributed by atoms with van der Waals surface area (Å²) in [6, 6.07) is 10.4. The van der Waals surface area contributed by atoms with Gasteiger partial charge in [-0.05, 0) is 44.7 Å². The zero-order valence-electron chi connectivity index (χ0n) is 17.2. The third kappa shape index (κ3) is 2.78. The lowest BCUT2D eigenvalue weighted by Crippen LogP contribution is -2.56. The number of ether oxygens (including phenoxy) is 1. The van der Waals surface area contributed by atoms with Crippen LogP contribution in [0.1, 0.15) is 20.3 Å². The van der Waals surface area contributed by atoms with Gasteiger partial charge in [-0.3, -0.25) is 4.90 Å². The molecule has 8 heteroatoms. The van der Waals surface area contributed by atoms with Gasteiger partial charge in [0.15, 0.2) is 6.17 Å². The Morgan fingerprint density at radius 1 is 1.20 bits per heavy atom. The van der Waals surface area contributed by atoms with Crippen molar-refractivity contribution in [2.45, 2.75) is 38.1 Å². The van der Waals surface area contributed by atoms with Crippen LogP contribution in [0.2, 0.25) is 0 Å². The van der Waals surface area contributed by atoms with E-state index < -0.39 is 17.8 Å². The zero-order chi connectivity index (χ0) is 21.1. The maximum absolute atomic E-state index is 15.1. The van der Waals surface area contributed by atoms with Gasteiger partial charge in [0.1, 0.15) is 11.9 Å². The predicted molar refractivity (Wildman–Crippen MR) is 109 cm³/mol. The van der Waals surface area contributed by atoms with Crippen molar-refractivity contribution in [2.75, 3.05) is 13.6 Å². The molecule has 0 spiro atoms. The molecule has 3 aromatic rings. The van der Waals surface area contributed by atoms with Crippen molar-refractivity contribution < 1.29 is 14.2 Å². The molecule has 0 radical (unpaired) electrons. The number of hydrogen-bond acceptors (Lipinski definition) is 6. The average Bonchev–Trinajstić information content (AvgIpc) is 3.37. The van der Waals surface area contributed by atoms with Crippen LogP contribution in [0.25, 0.3) is 16.9 Å². The molecule has 1 saturated carbocycles. The van der Waals surface area contributed by atoms with E-state index in [2.05, 4.69) is 27.1 Å². The van der Waals surface area contributed by atoms with Gasteiger partial charge in [0.2, 0.25) is 5.88 Å². The van der Waals surface area contributed by atoms with Gasteiger partial charge in [-0.1, -0.05) is 6.92 Å². The summed E-state index contributed by atoms with van der Waals surface area (Å²) in [6.45, 7) is 4.81. The number of halogens is 1. The molecule has 2 aliphatic rings. The molecule has 1 aromatic carbocycles. The summed E-state index contributed by atoms with van der Waals surface area (Å²) in [7, 11) is 1.97. The van der Waals surface area contributed by atoms with Crippen molar-refractivity contribution in [3.8, 4) is 28.6 Å². The van der Waals surface area contributed by atoms with E-state index in [1.54, 1.807) is 41.3 Å². The number of aromatic hydroxyl groups is 1. The first kappa shape index (κ1) is 19.0. The van der Waals surface area contributed by atoms with Gasteiger partial charge in [0.05, 0.1) is 16.9 Å². The molecule has 1 N–H and O–H groups in total. The SMILES string of the molecule is CN1C[C@]2(C)C[C@@]1(C)[C@@H](F)[C@H]2Oc1ccc(-c2ccc(-n3cccn3)cc2O)nn1. The number of alkyl halides is 1. The van der Waals surface area contributed by atoms with Crippen LogP contribution >= 0.6 is 0 Å². The monoisotopic (exact) mass is 409 g/mol. The van der Waals surface area contributed by atoms with Gasteiger partial charge >= 0.3 is 0 Å². The first-order valence-electron chi connectivity index (χ1n) is 9.99. The van der Waals surface area contributed by atoms with Crippen molar-refractivity contribution in [1.82, 2.24) is 24.9 Å². The second-order valence-electron chi connectivity index (χ2n) is 8.89. The molecule has 0 unspecified atom stereocenters. The summed E-state index contributed by atoms with van der Waals surface area (Å²) in [6.07, 6.45) is 2.57. The molecule has 1 saturated heterocycles. The minimum atomic E-state index is -1.10. The lowest BCUT2D eigenvalue weighted by atomic mass is 9.87. The van der Waals surface area contributed by atoms with E-state index in [1.807, 2.05) is 26.1 Å². The summed E-state index contributed by atoms with van der Waals surface area (Å²) < 4.78 is 22.8. The molecule has 4 atom stereocenters. The van der Waals surface area contributed by atoms with Crippen LogP contribution in [0.3, 0.4) is 0 Å². The molecule has 1 aliphatic heterocycles. The van der Waals surface area contributed by atoms with Gasteiger partial charge < -0.3 is 9.84 Å². The topological polar surface area (TPSA) is 76.3 Å². The summed E-state index contributed by atoms with van der Waals surface area (Å²) in [4.78, 5) is 2.09. The van der Waals surface area contributed by atoms with Crippen molar-refractivity contribution in [3.63, 3.8) is 0 Å². The van der Waals surface area contributed by atoms with Gasteiger partial charge in [0.25, 0.3) is 0 Å². The van der Waals surface area contributed by atoms with Crippen molar-refractivity contribution >= 4 is 0 Å². The number of aromatic nitrogens is 4. The summed E-state index contributed by atoms with van der Waals surface area (Å²) >= 11 is 0. The molecule has 30 heavy (non-hydrogen) atoms. The number of rotatable bonds is 4. The minimum Gasteiger partial charge on any atom is -0.507 e. The Morgan fingerprint density at radius 3 is 2.63 bits per heavy atom.